The van der Waals surface area contributed by atoms with Crippen LogP contribution in [0.15, 0.2) is 18.2 Å². The van der Waals surface area contributed by atoms with Gasteiger partial charge in [-0.25, -0.2) is 0 Å². The van der Waals surface area contributed by atoms with E-state index in [0.29, 0.717) is 0 Å². The van der Waals surface area contributed by atoms with Crippen LogP contribution in [0.4, 0.5) is 0 Å². The van der Waals surface area contributed by atoms with Crippen molar-refractivity contribution < 1.29 is 10.2 Å². The van der Waals surface area contributed by atoms with Gasteiger partial charge in [-0.1, -0.05) is 19.4 Å². The summed E-state index contributed by atoms with van der Waals surface area (Å²) in [5.41, 5.74) is 1.01. The fourth-order valence-corrected chi connectivity index (χ4v) is 2.61. The lowest BCUT2D eigenvalue weighted by atomic mass is 10.1. The first kappa shape index (κ1) is 12.2. The highest BCUT2D eigenvalue weighted by atomic mass is 16.3. The minimum atomic E-state index is -0.0571. The molecule has 0 saturated heterocycles. The van der Waals surface area contributed by atoms with E-state index in [2.05, 4.69) is 12.2 Å². The first-order valence-electron chi connectivity index (χ1n) is 6.36. The molecule has 0 bridgehead atoms. The van der Waals surface area contributed by atoms with Gasteiger partial charge in [0.15, 0.2) is 11.5 Å². The minimum absolute atomic E-state index is 0.0428. The van der Waals surface area contributed by atoms with Crippen LogP contribution >= 0.6 is 0 Å². The molecule has 3 nitrogen and oxygen atoms in total. The second-order valence-electron chi connectivity index (χ2n) is 5.24. The van der Waals surface area contributed by atoms with Crippen molar-refractivity contribution >= 4 is 0 Å². The van der Waals surface area contributed by atoms with Gasteiger partial charge in [0.05, 0.1) is 0 Å². The van der Waals surface area contributed by atoms with Gasteiger partial charge in [0.25, 0.3) is 0 Å². The van der Waals surface area contributed by atoms with Crippen molar-refractivity contribution in [1.82, 2.24) is 5.32 Å². The zero-order valence-corrected chi connectivity index (χ0v) is 10.3. The second-order valence-corrected chi connectivity index (χ2v) is 5.24. The molecule has 0 aromatic heterocycles. The summed E-state index contributed by atoms with van der Waals surface area (Å²) >= 11 is 0. The number of benzene rings is 1. The van der Waals surface area contributed by atoms with E-state index in [1.165, 1.54) is 25.3 Å². The van der Waals surface area contributed by atoms with Crippen molar-refractivity contribution in [1.29, 1.82) is 0 Å². The number of nitrogens with one attached hydrogen (secondary N) is 1. The Balaban J connectivity index is 1.76. The number of aromatic hydroxyl groups is 2. The van der Waals surface area contributed by atoms with E-state index in [0.717, 1.165) is 30.5 Å². The molecule has 17 heavy (non-hydrogen) atoms. The molecule has 3 heteroatoms. The smallest absolute Gasteiger partial charge is 0.157 e. The van der Waals surface area contributed by atoms with Gasteiger partial charge in [-0.2, -0.15) is 0 Å². The summed E-state index contributed by atoms with van der Waals surface area (Å²) in [7, 11) is 0. The lowest BCUT2D eigenvalue weighted by Crippen LogP contribution is -2.20. The van der Waals surface area contributed by atoms with Gasteiger partial charge in [0.1, 0.15) is 0 Å². The van der Waals surface area contributed by atoms with Crippen LogP contribution in [0.1, 0.15) is 31.7 Å². The number of phenolic OH excluding ortho intramolecular Hbond substituents is 2. The van der Waals surface area contributed by atoms with Gasteiger partial charge >= 0.3 is 0 Å². The van der Waals surface area contributed by atoms with Gasteiger partial charge in [-0.3, -0.25) is 0 Å². The van der Waals surface area contributed by atoms with Crippen LogP contribution in [-0.2, 0) is 6.54 Å². The highest BCUT2D eigenvalue weighted by Crippen LogP contribution is 2.29. The van der Waals surface area contributed by atoms with E-state index in [-0.39, 0.29) is 11.5 Å². The van der Waals surface area contributed by atoms with E-state index in [1.54, 1.807) is 6.07 Å². The Hall–Kier alpha value is -1.22. The van der Waals surface area contributed by atoms with Crippen molar-refractivity contribution in [2.75, 3.05) is 6.54 Å². The molecule has 2 rings (SSSR count). The van der Waals surface area contributed by atoms with E-state index >= 15 is 0 Å². The molecule has 1 aliphatic rings. The third kappa shape index (κ3) is 3.37. The van der Waals surface area contributed by atoms with Gasteiger partial charge < -0.3 is 15.5 Å². The molecule has 0 spiro atoms. The molecule has 0 heterocycles. The van der Waals surface area contributed by atoms with Crippen molar-refractivity contribution in [2.45, 2.75) is 32.7 Å². The Morgan fingerprint density at radius 1 is 1.24 bits per heavy atom. The zero-order chi connectivity index (χ0) is 12.3. The normalized spacial score (nSPS) is 24.1. The Bertz CT molecular complexity index is 378. The predicted octanol–water partition coefficient (Wildman–Crippen LogP) is 2.62. The van der Waals surface area contributed by atoms with Crippen LogP contribution in [-0.4, -0.2) is 16.8 Å². The number of hydrogen-bond acceptors (Lipinski definition) is 3. The van der Waals surface area contributed by atoms with Gasteiger partial charge in [-0.15, -0.1) is 0 Å². The quantitative estimate of drug-likeness (QED) is 0.703. The molecule has 1 saturated carbocycles. The summed E-state index contributed by atoms with van der Waals surface area (Å²) in [4.78, 5) is 0. The number of hydrogen-bond donors (Lipinski definition) is 3. The Morgan fingerprint density at radius 2 is 2.06 bits per heavy atom. The van der Waals surface area contributed by atoms with E-state index in [9.17, 15) is 10.2 Å². The van der Waals surface area contributed by atoms with Crippen LogP contribution in [0.5, 0.6) is 11.5 Å². The molecular weight excluding hydrogens is 214 g/mol. The fraction of sp³-hybridized carbons (Fsp3) is 0.571. The average molecular weight is 235 g/mol. The minimum Gasteiger partial charge on any atom is -0.504 e. The molecule has 0 amide bonds. The van der Waals surface area contributed by atoms with Crippen molar-refractivity contribution in [3.8, 4) is 11.5 Å². The topological polar surface area (TPSA) is 52.5 Å². The molecule has 1 fully saturated rings. The molecule has 2 atom stereocenters. The fourth-order valence-electron chi connectivity index (χ4n) is 2.61. The summed E-state index contributed by atoms with van der Waals surface area (Å²) in [5, 5.41) is 22.0. The maximum absolute atomic E-state index is 9.37. The van der Waals surface area contributed by atoms with E-state index < -0.39 is 0 Å². The monoisotopic (exact) mass is 235 g/mol. The first-order chi connectivity index (χ1) is 8.15. The second kappa shape index (κ2) is 5.41. The molecular formula is C14H21NO2. The maximum Gasteiger partial charge on any atom is 0.157 e. The third-order valence-electron chi connectivity index (χ3n) is 3.61. The summed E-state index contributed by atoms with van der Waals surface area (Å²) in [6.45, 7) is 4.11. The van der Waals surface area contributed by atoms with Crippen LogP contribution in [0.3, 0.4) is 0 Å². The summed E-state index contributed by atoms with van der Waals surface area (Å²) in [5.74, 6) is 1.58. The summed E-state index contributed by atoms with van der Waals surface area (Å²) < 4.78 is 0. The average Bonchev–Trinajstić information content (AvgIpc) is 2.70. The largest absolute Gasteiger partial charge is 0.504 e. The molecule has 1 aliphatic carbocycles. The van der Waals surface area contributed by atoms with Gasteiger partial charge in [0, 0.05) is 6.54 Å². The van der Waals surface area contributed by atoms with Crippen LogP contribution in [0.25, 0.3) is 0 Å². The van der Waals surface area contributed by atoms with Gasteiger partial charge in [-0.05, 0) is 48.9 Å². The van der Waals surface area contributed by atoms with E-state index in [4.69, 9.17) is 0 Å². The predicted molar refractivity (Wildman–Crippen MR) is 68.0 cm³/mol. The highest BCUT2D eigenvalue weighted by molar-refractivity contribution is 5.40. The molecule has 0 aliphatic heterocycles. The number of phenols is 2. The van der Waals surface area contributed by atoms with Gasteiger partial charge in [0.2, 0.25) is 0 Å². The SMILES string of the molecule is CC1CCC(CNCc2ccc(O)c(O)c2)C1. The Morgan fingerprint density at radius 3 is 2.71 bits per heavy atom. The molecule has 1 aromatic carbocycles. The Labute approximate surface area is 102 Å². The van der Waals surface area contributed by atoms with Crippen LogP contribution in [0, 0.1) is 11.8 Å². The first-order valence-corrected chi connectivity index (χ1v) is 6.36. The van der Waals surface area contributed by atoms with Crippen LogP contribution < -0.4 is 5.32 Å². The lowest BCUT2D eigenvalue weighted by Gasteiger charge is -2.11. The standard InChI is InChI=1S/C14H21NO2/c1-10-2-3-11(6-10)8-15-9-12-4-5-13(16)14(17)7-12/h4-5,7,10-11,15-17H,2-3,6,8-9H2,1H3. The Kier molecular flexibility index (Phi) is 3.89. The molecule has 3 N–H and O–H groups in total. The van der Waals surface area contributed by atoms with Crippen LogP contribution in [0.2, 0.25) is 0 Å². The number of rotatable bonds is 4. The summed E-state index contributed by atoms with van der Waals surface area (Å²) in [6.07, 6.45) is 4.01. The molecule has 0 radical (unpaired) electrons. The van der Waals surface area contributed by atoms with Crippen molar-refractivity contribution in [2.24, 2.45) is 11.8 Å². The maximum atomic E-state index is 9.37. The van der Waals surface area contributed by atoms with Crippen molar-refractivity contribution in [3.05, 3.63) is 23.8 Å². The van der Waals surface area contributed by atoms with Crippen molar-refractivity contribution in [3.63, 3.8) is 0 Å². The van der Waals surface area contributed by atoms with E-state index in [1.807, 2.05) is 6.07 Å². The molecule has 2 unspecified atom stereocenters. The summed E-state index contributed by atoms with van der Waals surface area (Å²) in [6, 6.07) is 4.98. The third-order valence-corrected chi connectivity index (χ3v) is 3.61. The highest BCUT2D eigenvalue weighted by Gasteiger charge is 2.20. The molecule has 94 valence electrons. The molecule has 1 aromatic rings. The zero-order valence-electron chi connectivity index (χ0n) is 10.3. The lowest BCUT2D eigenvalue weighted by molar-refractivity contribution is 0.402.